The molecule has 0 spiro atoms. The standard InChI is InChI=1S/C19H18BrN3O2/c20-16-8-10-17(11-9-16)22-18(24)12-13-19(25)23-21-14-4-7-15-5-2-1-3-6-15/h1-11,14H,12-13H2,(H,22,24)(H,23,25)/b7-4+,21-14-. The van der Waals surface area contributed by atoms with Gasteiger partial charge in [-0.05, 0) is 35.9 Å². The highest BCUT2D eigenvalue weighted by Crippen LogP contribution is 2.14. The lowest BCUT2D eigenvalue weighted by Gasteiger charge is -2.04. The summed E-state index contributed by atoms with van der Waals surface area (Å²) in [7, 11) is 0. The number of rotatable bonds is 7. The monoisotopic (exact) mass is 399 g/mol. The molecule has 0 heterocycles. The minimum absolute atomic E-state index is 0.0715. The van der Waals surface area contributed by atoms with Crippen LogP contribution in [0.4, 0.5) is 5.69 Å². The number of nitrogens with zero attached hydrogens (tertiary/aromatic N) is 1. The first-order valence-corrected chi connectivity index (χ1v) is 8.52. The normalized spacial score (nSPS) is 10.9. The third-order valence-electron chi connectivity index (χ3n) is 3.15. The predicted molar refractivity (Wildman–Crippen MR) is 104 cm³/mol. The molecule has 25 heavy (non-hydrogen) atoms. The zero-order chi connectivity index (χ0) is 17.9. The van der Waals surface area contributed by atoms with Crippen molar-refractivity contribution in [2.45, 2.75) is 12.8 Å². The number of benzene rings is 2. The van der Waals surface area contributed by atoms with Crippen molar-refractivity contribution in [1.82, 2.24) is 5.43 Å². The topological polar surface area (TPSA) is 70.6 Å². The number of hydrogen-bond donors (Lipinski definition) is 2. The molecule has 2 rings (SSSR count). The second-order valence-corrected chi connectivity index (χ2v) is 6.05. The van der Waals surface area contributed by atoms with Crippen LogP contribution in [0.15, 0.2) is 70.2 Å². The number of nitrogens with one attached hydrogen (secondary N) is 2. The lowest BCUT2D eigenvalue weighted by Crippen LogP contribution is -2.20. The van der Waals surface area contributed by atoms with Gasteiger partial charge in [0.15, 0.2) is 0 Å². The van der Waals surface area contributed by atoms with Gasteiger partial charge in [-0.1, -0.05) is 52.3 Å². The zero-order valence-electron chi connectivity index (χ0n) is 13.5. The summed E-state index contributed by atoms with van der Waals surface area (Å²) in [5.41, 5.74) is 4.13. The molecule has 0 aliphatic rings. The van der Waals surface area contributed by atoms with Crippen LogP contribution in [0.5, 0.6) is 0 Å². The first kappa shape index (κ1) is 18.6. The van der Waals surface area contributed by atoms with Crippen molar-refractivity contribution in [2.24, 2.45) is 5.10 Å². The number of amides is 2. The van der Waals surface area contributed by atoms with Crippen LogP contribution >= 0.6 is 15.9 Å². The molecule has 0 bridgehead atoms. The van der Waals surface area contributed by atoms with Gasteiger partial charge in [-0.3, -0.25) is 9.59 Å². The van der Waals surface area contributed by atoms with Gasteiger partial charge in [-0.2, -0.15) is 5.10 Å². The number of hydrazone groups is 1. The van der Waals surface area contributed by atoms with E-state index in [2.05, 4.69) is 31.8 Å². The Labute approximate surface area is 155 Å². The Hall–Kier alpha value is -2.73. The summed E-state index contributed by atoms with van der Waals surface area (Å²) in [6, 6.07) is 17.0. The van der Waals surface area contributed by atoms with E-state index in [0.29, 0.717) is 5.69 Å². The van der Waals surface area contributed by atoms with Crippen LogP contribution in [0.1, 0.15) is 18.4 Å². The second kappa shape index (κ2) is 10.2. The SMILES string of the molecule is O=C(CCC(=O)Nc1ccc(Br)cc1)N/N=C\C=C\c1ccccc1. The Bertz CT molecular complexity index is 756. The van der Waals surface area contributed by atoms with Gasteiger partial charge in [0.2, 0.25) is 11.8 Å². The summed E-state index contributed by atoms with van der Waals surface area (Å²) in [6.07, 6.45) is 5.27. The molecule has 0 saturated heterocycles. The molecule has 2 aromatic carbocycles. The van der Waals surface area contributed by atoms with Gasteiger partial charge in [0.25, 0.3) is 0 Å². The van der Waals surface area contributed by atoms with Gasteiger partial charge in [0.1, 0.15) is 0 Å². The lowest BCUT2D eigenvalue weighted by atomic mass is 10.2. The fourth-order valence-electron chi connectivity index (χ4n) is 1.91. The minimum atomic E-state index is -0.310. The lowest BCUT2D eigenvalue weighted by molar-refractivity contribution is -0.124. The molecule has 128 valence electrons. The molecule has 0 atom stereocenters. The maximum Gasteiger partial charge on any atom is 0.240 e. The van der Waals surface area contributed by atoms with Crippen molar-refractivity contribution < 1.29 is 9.59 Å². The Kier molecular flexibility index (Phi) is 7.59. The van der Waals surface area contributed by atoms with Gasteiger partial charge in [-0.25, -0.2) is 5.43 Å². The molecule has 0 saturated carbocycles. The van der Waals surface area contributed by atoms with Crippen molar-refractivity contribution in [2.75, 3.05) is 5.32 Å². The van der Waals surface area contributed by atoms with E-state index in [1.54, 1.807) is 18.2 Å². The van der Waals surface area contributed by atoms with Crippen LogP contribution in [-0.2, 0) is 9.59 Å². The van der Waals surface area contributed by atoms with E-state index >= 15 is 0 Å². The summed E-state index contributed by atoms with van der Waals surface area (Å²) in [5, 5.41) is 6.54. The predicted octanol–water partition coefficient (Wildman–Crippen LogP) is 3.98. The Morgan fingerprint density at radius 1 is 0.960 bits per heavy atom. The molecule has 5 nitrogen and oxygen atoms in total. The smallest absolute Gasteiger partial charge is 0.240 e. The third-order valence-corrected chi connectivity index (χ3v) is 3.67. The maximum absolute atomic E-state index is 11.8. The van der Waals surface area contributed by atoms with Crippen molar-refractivity contribution in [3.63, 3.8) is 0 Å². The molecule has 0 radical (unpaired) electrons. The average molecular weight is 400 g/mol. The quantitative estimate of drug-likeness (QED) is 0.545. The highest BCUT2D eigenvalue weighted by molar-refractivity contribution is 9.10. The fraction of sp³-hybridized carbons (Fsp3) is 0.105. The van der Waals surface area contributed by atoms with E-state index in [0.717, 1.165) is 10.0 Å². The van der Waals surface area contributed by atoms with E-state index in [4.69, 9.17) is 0 Å². The Morgan fingerprint density at radius 2 is 1.64 bits per heavy atom. The first-order valence-electron chi connectivity index (χ1n) is 7.72. The van der Waals surface area contributed by atoms with Crippen molar-refractivity contribution in [1.29, 1.82) is 0 Å². The third kappa shape index (κ3) is 7.58. The molecule has 2 amide bonds. The largest absolute Gasteiger partial charge is 0.326 e. The molecule has 6 heteroatoms. The summed E-state index contributed by atoms with van der Waals surface area (Å²) in [4.78, 5) is 23.4. The van der Waals surface area contributed by atoms with Gasteiger partial charge in [0.05, 0.1) is 0 Å². The number of anilines is 1. The number of carbonyl (C=O) groups excluding carboxylic acids is 2. The van der Waals surface area contributed by atoms with Gasteiger partial charge >= 0.3 is 0 Å². The van der Waals surface area contributed by atoms with Crippen LogP contribution in [0.2, 0.25) is 0 Å². The molecule has 0 fully saturated rings. The van der Waals surface area contributed by atoms with E-state index < -0.39 is 0 Å². The summed E-state index contributed by atoms with van der Waals surface area (Å²) >= 11 is 3.33. The first-order chi connectivity index (χ1) is 12.1. The van der Waals surface area contributed by atoms with Crippen LogP contribution in [-0.4, -0.2) is 18.0 Å². The van der Waals surface area contributed by atoms with Gasteiger partial charge in [-0.15, -0.1) is 0 Å². The Morgan fingerprint density at radius 3 is 2.36 bits per heavy atom. The van der Waals surface area contributed by atoms with Crippen molar-refractivity contribution in [3.8, 4) is 0 Å². The molecule has 0 aliphatic carbocycles. The molecule has 0 aromatic heterocycles. The van der Waals surface area contributed by atoms with Crippen molar-refractivity contribution >= 4 is 45.7 Å². The van der Waals surface area contributed by atoms with Crippen LogP contribution < -0.4 is 10.7 Å². The summed E-state index contributed by atoms with van der Waals surface area (Å²) < 4.78 is 0.934. The maximum atomic E-state index is 11.8. The number of hydrogen-bond acceptors (Lipinski definition) is 3. The van der Waals surface area contributed by atoms with Gasteiger partial charge in [0, 0.05) is 29.2 Å². The molecule has 0 aliphatic heterocycles. The number of halogens is 1. The van der Waals surface area contributed by atoms with E-state index in [1.807, 2.05) is 48.5 Å². The van der Waals surface area contributed by atoms with Crippen LogP contribution in [0, 0.1) is 0 Å². The highest BCUT2D eigenvalue weighted by Gasteiger charge is 2.06. The molecular formula is C19H18BrN3O2. The zero-order valence-corrected chi connectivity index (χ0v) is 15.1. The van der Waals surface area contributed by atoms with Crippen LogP contribution in [0.25, 0.3) is 6.08 Å². The molecule has 2 N–H and O–H groups in total. The molecular weight excluding hydrogens is 382 g/mol. The molecule has 2 aromatic rings. The summed E-state index contributed by atoms with van der Waals surface area (Å²) in [5.74, 6) is -0.527. The van der Waals surface area contributed by atoms with E-state index in [-0.39, 0.29) is 24.7 Å². The van der Waals surface area contributed by atoms with E-state index in [1.165, 1.54) is 6.21 Å². The average Bonchev–Trinajstić information content (AvgIpc) is 2.62. The Balaban J connectivity index is 1.66. The van der Waals surface area contributed by atoms with E-state index in [9.17, 15) is 9.59 Å². The second-order valence-electron chi connectivity index (χ2n) is 5.14. The molecule has 0 unspecified atom stereocenters. The highest BCUT2D eigenvalue weighted by atomic mass is 79.9. The number of carbonyl (C=O) groups is 2. The van der Waals surface area contributed by atoms with Crippen molar-refractivity contribution in [3.05, 3.63) is 70.7 Å². The summed E-state index contributed by atoms with van der Waals surface area (Å²) in [6.45, 7) is 0. The fourth-order valence-corrected chi connectivity index (χ4v) is 2.17. The minimum Gasteiger partial charge on any atom is -0.326 e. The number of allylic oxidation sites excluding steroid dienone is 1. The van der Waals surface area contributed by atoms with Gasteiger partial charge < -0.3 is 5.32 Å². The van der Waals surface area contributed by atoms with Crippen LogP contribution in [0.3, 0.4) is 0 Å².